The van der Waals surface area contributed by atoms with Crippen molar-refractivity contribution in [2.75, 3.05) is 11.9 Å². The molecule has 1 aliphatic rings. The summed E-state index contributed by atoms with van der Waals surface area (Å²) in [6, 6.07) is 11.8. The minimum atomic E-state index is -0.223. The van der Waals surface area contributed by atoms with Crippen molar-refractivity contribution in [1.29, 1.82) is 0 Å². The number of aromatic hydroxyl groups is 1. The van der Waals surface area contributed by atoms with Gasteiger partial charge in [-0.1, -0.05) is 30.8 Å². The molecule has 0 aliphatic carbocycles. The molecule has 0 radical (unpaired) electrons. The molecule has 1 fully saturated rings. The van der Waals surface area contributed by atoms with Crippen LogP contribution >= 0.6 is 34.4 Å². The smallest absolute Gasteiger partial charge is 0.260 e. The number of phenolic OH excluding ortho intramolecular Hbond substituents is 1. The van der Waals surface area contributed by atoms with Crippen LogP contribution in [0.2, 0.25) is 0 Å². The summed E-state index contributed by atoms with van der Waals surface area (Å²) in [7, 11) is 0. The molecule has 5 nitrogen and oxygen atoms in total. The molecule has 1 aliphatic heterocycles. The lowest BCUT2D eigenvalue weighted by atomic mass is 10.1. The second kappa shape index (κ2) is 8.88. The molecule has 1 heterocycles. The van der Waals surface area contributed by atoms with Crippen molar-refractivity contribution in [3.8, 4) is 11.5 Å². The van der Waals surface area contributed by atoms with Crippen LogP contribution in [0.1, 0.15) is 25.0 Å². The summed E-state index contributed by atoms with van der Waals surface area (Å²) in [6.07, 6.45) is 2.81. The highest BCUT2D eigenvalue weighted by Gasteiger charge is 2.27. The maximum atomic E-state index is 12.3. The van der Waals surface area contributed by atoms with Gasteiger partial charge in [-0.3, -0.25) is 4.79 Å². The lowest BCUT2D eigenvalue weighted by Gasteiger charge is -2.13. The van der Waals surface area contributed by atoms with Crippen LogP contribution in [0.3, 0.4) is 0 Å². The Morgan fingerprint density at radius 1 is 1.30 bits per heavy atom. The topological polar surface area (TPSA) is 70.6 Å². The Kier molecular flexibility index (Phi) is 6.54. The molecule has 0 unspecified atom stereocenters. The van der Waals surface area contributed by atoms with Gasteiger partial charge in [0, 0.05) is 5.69 Å². The summed E-state index contributed by atoms with van der Waals surface area (Å²) in [5.74, 6) is 0.423. The van der Waals surface area contributed by atoms with Gasteiger partial charge in [-0.25, -0.2) is 0 Å². The Balaban J connectivity index is 1.74. The summed E-state index contributed by atoms with van der Waals surface area (Å²) >= 11 is 3.48. The van der Waals surface area contributed by atoms with Gasteiger partial charge in [0.1, 0.15) is 0 Å². The third-order valence-electron chi connectivity index (χ3n) is 4.04. The van der Waals surface area contributed by atoms with Crippen LogP contribution in [0.5, 0.6) is 11.5 Å². The molecule has 3 N–H and O–H groups in total. The first-order valence-corrected chi connectivity index (χ1v) is 10.7. The number of phenols is 1. The molecule has 7 heteroatoms. The minimum Gasteiger partial charge on any atom is -0.504 e. The van der Waals surface area contributed by atoms with Gasteiger partial charge in [-0.2, -0.15) is 0 Å². The molecular weight excluding hydrogens is 475 g/mol. The van der Waals surface area contributed by atoms with E-state index in [1.807, 2.05) is 31.2 Å². The van der Waals surface area contributed by atoms with Crippen molar-refractivity contribution in [3.05, 3.63) is 56.0 Å². The molecule has 2 aromatic carbocycles. The number of hydrogen-bond acceptors (Lipinski definition) is 5. The van der Waals surface area contributed by atoms with Gasteiger partial charge in [0.2, 0.25) is 0 Å². The zero-order chi connectivity index (χ0) is 19.4. The molecule has 142 valence electrons. The van der Waals surface area contributed by atoms with E-state index in [0.29, 0.717) is 20.8 Å². The third-order valence-corrected chi connectivity index (χ3v) is 5.89. The monoisotopic (exact) mass is 496 g/mol. The van der Waals surface area contributed by atoms with Gasteiger partial charge in [-0.05, 0) is 77.4 Å². The Bertz CT molecular complexity index is 868. The lowest BCUT2D eigenvalue weighted by molar-refractivity contribution is -0.116. The molecule has 2 aromatic rings. The van der Waals surface area contributed by atoms with E-state index < -0.39 is 0 Å². The zero-order valence-corrected chi connectivity index (χ0v) is 18.1. The Labute approximate surface area is 176 Å². The molecule has 3 rings (SSSR count). The predicted octanol–water partition coefficient (Wildman–Crippen LogP) is 4.56. The van der Waals surface area contributed by atoms with Crippen LogP contribution in [0.25, 0.3) is 6.08 Å². The summed E-state index contributed by atoms with van der Waals surface area (Å²) in [4.78, 5) is 12.9. The van der Waals surface area contributed by atoms with Gasteiger partial charge in [0.05, 0.1) is 15.1 Å². The normalized spacial score (nSPS) is 17.8. The fraction of sp³-hybridized carbons (Fsp3) is 0.250. The predicted molar refractivity (Wildman–Crippen MR) is 119 cm³/mol. The summed E-state index contributed by atoms with van der Waals surface area (Å²) in [6.45, 7) is 4.44. The number of hydrogen-bond donors (Lipinski definition) is 3. The van der Waals surface area contributed by atoms with Crippen LogP contribution in [-0.4, -0.2) is 23.1 Å². The molecule has 1 saturated heterocycles. The highest BCUT2D eigenvalue weighted by Crippen LogP contribution is 2.35. The first kappa shape index (κ1) is 19.9. The average Bonchev–Trinajstić information content (AvgIpc) is 2.99. The number of nitrogens with one attached hydrogen (secondary N) is 2. The van der Waals surface area contributed by atoms with Crippen molar-refractivity contribution in [1.82, 2.24) is 5.32 Å². The van der Waals surface area contributed by atoms with Crippen molar-refractivity contribution >= 4 is 52.0 Å². The van der Waals surface area contributed by atoms with Crippen molar-refractivity contribution in [2.45, 2.75) is 25.8 Å². The number of thioether (sulfide) groups is 1. The molecule has 27 heavy (non-hydrogen) atoms. The van der Waals surface area contributed by atoms with Gasteiger partial charge < -0.3 is 20.5 Å². The Hall–Kier alpha value is -1.87. The number of halogens is 1. The summed E-state index contributed by atoms with van der Waals surface area (Å²) in [5, 5.41) is 16.3. The summed E-state index contributed by atoms with van der Waals surface area (Å²) < 4.78 is 6.14. The SMILES string of the molecule is CCOc1cc(/C=C2\S[C@@H](Nc3ccc(CC)cc3)NC2=O)cc(I)c1O. The zero-order valence-electron chi connectivity index (χ0n) is 15.1. The molecule has 1 atom stereocenters. The molecule has 0 bridgehead atoms. The van der Waals surface area contributed by atoms with Crippen LogP contribution in [0.15, 0.2) is 41.3 Å². The molecular formula is C20H21IN2O3S. The molecule has 1 amide bonds. The van der Waals surface area contributed by atoms with Crippen molar-refractivity contribution in [3.63, 3.8) is 0 Å². The lowest BCUT2D eigenvalue weighted by Crippen LogP contribution is -2.30. The van der Waals surface area contributed by atoms with Gasteiger partial charge in [-0.15, -0.1) is 0 Å². The second-order valence-corrected chi connectivity index (χ2v) is 8.27. The van der Waals surface area contributed by atoms with Crippen LogP contribution in [0, 0.1) is 3.57 Å². The summed E-state index contributed by atoms with van der Waals surface area (Å²) in [5.41, 5.74) is 2.82. The minimum absolute atomic E-state index is 0.122. The van der Waals surface area contributed by atoms with Gasteiger partial charge >= 0.3 is 0 Å². The quantitative estimate of drug-likeness (QED) is 0.404. The van der Waals surface area contributed by atoms with Gasteiger partial charge in [0.15, 0.2) is 17.0 Å². The fourth-order valence-corrected chi connectivity index (χ4v) is 4.26. The number of ether oxygens (including phenoxy) is 1. The number of carbonyl (C=O) groups excluding carboxylic acids is 1. The largest absolute Gasteiger partial charge is 0.504 e. The maximum Gasteiger partial charge on any atom is 0.260 e. The Morgan fingerprint density at radius 2 is 2.04 bits per heavy atom. The number of carbonyl (C=O) groups is 1. The van der Waals surface area contributed by atoms with Crippen LogP contribution < -0.4 is 15.4 Å². The number of rotatable bonds is 6. The van der Waals surface area contributed by atoms with Gasteiger partial charge in [0.25, 0.3) is 5.91 Å². The standard InChI is InChI=1S/C20H21IN2O3S/c1-3-12-5-7-14(8-6-12)22-20-23-19(25)17(27-20)11-13-9-15(21)18(24)16(10-13)26-4-2/h5-11,20,22,24H,3-4H2,1-2H3,(H,23,25)/b17-11-/t20-/m0/s1. The van der Waals surface area contributed by atoms with E-state index in [-0.39, 0.29) is 17.2 Å². The van der Waals surface area contributed by atoms with Crippen molar-refractivity contribution in [2.24, 2.45) is 0 Å². The Morgan fingerprint density at radius 3 is 2.70 bits per heavy atom. The van der Waals surface area contributed by atoms with E-state index in [1.165, 1.54) is 17.3 Å². The van der Waals surface area contributed by atoms with E-state index in [0.717, 1.165) is 17.7 Å². The first-order chi connectivity index (χ1) is 13.0. The molecule has 0 saturated carbocycles. The van der Waals surface area contributed by atoms with E-state index in [2.05, 4.69) is 52.3 Å². The van der Waals surface area contributed by atoms with Crippen molar-refractivity contribution < 1.29 is 14.6 Å². The van der Waals surface area contributed by atoms with E-state index >= 15 is 0 Å². The van der Waals surface area contributed by atoms with Crippen LogP contribution in [0.4, 0.5) is 5.69 Å². The molecule has 0 aromatic heterocycles. The second-order valence-electron chi connectivity index (χ2n) is 5.96. The van der Waals surface area contributed by atoms with Crippen LogP contribution in [-0.2, 0) is 11.2 Å². The number of aryl methyl sites for hydroxylation is 1. The number of benzene rings is 2. The average molecular weight is 496 g/mol. The van der Waals surface area contributed by atoms with E-state index in [4.69, 9.17) is 4.74 Å². The van der Waals surface area contributed by atoms with E-state index in [1.54, 1.807) is 6.07 Å². The number of anilines is 1. The first-order valence-electron chi connectivity index (χ1n) is 8.70. The maximum absolute atomic E-state index is 12.3. The fourth-order valence-electron chi connectivity index (χ4n) is 2.65. The number of amides is 1. The highest BCUT2D eigenvalue weighted by molar-refractivity contribution is 14.1. The highest BCUT2D eigenvalue weighted by atomic mass is 127. The van der Waals surface area contributed by atoms with E-state index in [9.17, 15) is 9.90 Å². The molecule has 0 spiro atoms. The third kappa shape index (κ3) is 4.90.